The fourth-order valence-electron chi connectivity index (χ4n) is 4.33. The summed E-state index contributed by atoms with van der Waals surface area (Å²) in [6.07, 6.45) is 2.55. The van der Waals surface area contributed by atoms with Gasteiger partial charge in [-0.1, -0.05) is 20.8 Å². The molecule has 1 aromatic carbocycles. The molecule has 0 spiro atoms. The number of hydrogen-bond donors (Lipinski definition) is 2. The minimum Gasteiger partial charge on any atom is -0.457 e. The summed E-state index contributed by atoms with van der Waals surface area (Å²) in [5.74, 6) is 2.91. The number of anilines is 3. The van der Waals surface area contributed by atoms with Gasteiger partial charge in [0.15, 0.2) is 5.82 Å². The van der Waals surface area contributed by atoms with Gasteiger partial charge < -0.3 is 24.7 Å². The molecule has 4 heterocycles. The van der Waals surface area contributed by atoms with Crippen molar-refractivity contribution < 1.29 is 14.3 Å². The zero-order chi connectivity index (χ0) is 25.4. The maximum absolute atomic E-state index is 11.3. The van der Waals surface area contributed by atoms with E-state index in [1.54, 1.807) is 18.3 Å². The molecule has 36 heavy (non-hydrogen) atoms. The molecule has 5 rings (SSSR count). The Hall–Kier alpha value is -3.92. The van der Waals surface area contributed by atoms with Crippen LogP contribution in [0.3, 0.4) is 0 Å². The van der Waals surface area contributed by atoms with Crippen LogP contribution in [0, 0.1) is 0 Å². The van der Waals surface area contributed by atoms with Gasteiger partial charge in [-0.3, -0.25) is 9.48 Å². The van der Waals surface area contributed by atoms with E-state index in [2.05, 4.69) is 47.1 Å². The molecule has 0 bridgehead atoms. The van der Waals surface area contributed by atoms with Crippen molar-refractivity contribution in [3.63, 3.8) is 0 Å². The summed E-state index contributed by atoms with van der Waals surface area (Å²) in [5, 5.41) is 10.9. The smallest absolute Gasteiger partial charge is 0.222 e. The first kappa shape index (κ1) is 23.8. The Morgan fingerprint density at radius 3 is 2.67 bits per heavy atom. The van der Waals surface area contributed by atoms with Crippen LogP contribution in [0.4, 0.5) is 17.6 Å². The van der Waals surface area contributed by atoms with Crippen molar-refractivity contribution in [1.82, 2.24) is 24.3 Å². The zero-order valence-corrected chi connectivity index (χ0v) is 21.2. The summed E-state index contributed by atoms with van der Waals surface area (Å²) in [4.78, 5) is 20.2. The van der Waals surface area contributed by atoms with Crippen LogP contribution in [-0.4, -0.2) is 43.4 Å². The van der Waals surface area contributed by atoms with E-state index in [0.717, 1.165) is 35.6 Å². The van der Waals surface area contributed by atoms with E-state index in [-0.39, 0.29) is 17.4 Å². The fraction of sp³-hybridized carbons (Fsp3) is 0.385. The molecule has 10 nitrogen and oxygen atoms in total. The third kappa shape index (κ3) is 4.90. The molecule has 10 heteroatoms. The number of carbonyl (C=O) groups is 1. The predicted octanol–water partition coefficient (Wildman–Crippen LogP) is 4.92. The highest BCUT2D eigenvalue weighted by molar-refractivity contribution is 5.87. The van der Waals surface area contributed by atoms with Crippen molar-refractivity contribution in [3.05, 3.63) is 48.3 Å². The average Bonchev–Trinajstić information content (AvgIpc) is 3.54. The van der Waals surface area contributed by atoms with E-state index >= 15 is 0 Å². The largest absolute Gasteiger partial charge is 0.457 e. The highest BCUT2D eigenvalue weighted by Crippen LogP contribution is 2.32. The standard InChI is InChI=1S/C26H31N7O3/c1-16(34)28-23-13-19(8-10-27-23)36-18-6-7-20-21(12-18)32(5)25(29-20)30-24-14-22(26(2,3)4)33(31-24)17-9-11-35-15-17/h6-8,10,12-14,17H,9,11,15H2,1-5H3,(H,27,28,34)(H,29,30,31). The molecular formula is C26H31N7O3. The summed E-state index contributed by atoms with van der Waals surface area (Å²) in [5.41, 5.74) is 2.85. The van der Waals surface area contributed by atoms with Crippen LogP contribution < -0.4 is 15.4 Å². The van der Waals surface area contributed by atoms with Crippen molar-refractivity contribution in [2.45, 2.75) is 45.6 Å². The molecule has 1 fully saturated rings. The van der Waals surface area contributed by atoms with Crippen LogP contribution in [-0.2, 0) is 22.0 Å². The number of imidazole rings is 1. The monoisotopic (exact) mass is 489 g/mol. The fourth-order valence-corrected chi connectivity index (χ4v) is 4.33. The number of hydrogen-bond acceptors (Lipinski definition) is 7. The van der Waals surface area contributed by atoms with Crippen molar-refractivity contribution >= 4 is 34.5 Å². The van der Waals surface area contributed by atoms with Gasteiger partial charge in [-0.05, 0) is 24.6 Å². The van der Waals surface area contributed by atoms with Crippen molar-refractivity contribution in [2.24, 2.45) is 7.05 Å². The maximum atomic E-state index is 11.3. The lowest BCUT2D eigenvalue weighted by Crippen LogP contribution is -2.22. The molecule has 1 amide bonds. The van der Waals surface area contributed by atoms with Gasteiger partial charge in [0.05, 0.1) is 23.7 Å². The van der Waals surface area contributed by atoms with Crippen molar-refractivity contribution in [1.29, 1.82) is 0 Å². The zero-order valence-electron chi connectivity index (χ0n) is 21.2. The van der Waals surface area contributed by atoms with E-state index < -0.39 is 0 Å². The Balaban J connectivity index is 1.40. The molecule has 1 unspecified atom stereocenters. The van der Waals surface area contributed by atoms with Crippen LogP contribution in [0.25, 0.3) is 11.0 Å². The van der Waals surface area contributed by atoms with E-state index in [4.69, 9.17) is 19.6 Å². The number of benzene rings is 1. The molecule has 1 saturated heterocycles. The van der Waals surface area contributed by atoms with Gasteiger partial charge in [0, 0.05) is 56.1 Å². The van der Waals surface area contributed by atoms with Gasteiger partial charge >= 0.3 is 0 Å². The van der Waals surface area contributed by atoms with Gasteiger partial charge in [0.2, 0.25) is 11.9 Å². The van der Waals surface area contributed by atoms with Crippen molar-refractivity contribution in [2.75, 3.05) is 23.8 Å². The van der Waals surface area contributed by atoms with Crippen LogP contribution in [0.5, 0.6) is 11.5 Å². The third-order valence-corrected chi connectivity index (χ3v) is 6.12. The van der Waals surface area contributed by atoms with Gasteiger partial charge in [-0.15, -0.1) is 0 Å². The normalized spacial score (nSPS) is 15.9. The Morgan fingerprint density at radius 2 is 1.94 bits per heavy atom. The van der Waals surface area contributed by atoms with E-state index in [1.165, 1.54) is 6.92 Å². The lowest BCUT2D eigenvalue weighted by molar-refractivity contribution is -0.114. The van der Waals surface area contributed by atoms with Gasteiger partial charge in [-0.2, -0.15) is 5.10 Å². The highest BCUT2D eigenvalue weighted by atomic mass is 16.5. The molecule has 1 aliphatic rings. The van der Waals surface area contributed by atoms with Crippen LogP contribution >= 0.6 is 0 Å². The minimum atomic E-state index is -0.188. The third-order valence-electron chi connectivity index (χ3n) is 6.12. The molecule has 0 saturated carbocycles. The Morgan fingerprint density at radius 1 is 1.14 bits per heavy atom. The lowest BCUT2D eigenvalue weighted by atomic mass is 9.91. The number of aryl methyl sites for hydroxylation is 1. The number of rotatable bonds is 6. The quantitative estimate of drug-likeness (QED) is 0.396. The summed E-state index contributed by atoms with van der Waals surface area (Å²) >= 11 is 0. The molecule has 0 aliphatic carbocycles. The van der Waals surface area contributed by atoms with E-state index in [1.807, 2.05) is 29.8 Å². The van der Waals surface area contributed by atoms with Gasteiger partial charge in [0.1, 0.15) is 17.3 Å². The second-order valence-corrected chi connectivity index (χ2v) is 10.1. The molecular weight excluding hydrogens is 458 g/mol. The molecule has 1 aliphatic heterocycles. The van der Waals surface area contributed by atoms with E-state index in [9.17, 15) is 4.79 Å². The number of carbonyl (C=O) groups excluding carboxylic acids is 1. The number of aromatic nitrogens is 5. The van der Waals surface area contributed by atoms with E-state index in [0.29, 0.717) is 29.9 Å². The van der Waals surface area contributed by atoms with Crippen molar-refractivity contribution in [3.8, 4) is 11.5 Å². The number of amides is 1. The highest BCUT2D eigenvalue weighted by Gasteiger charge is 2.28. The molecule has 2 N–H and O–H groups in total. The maximum Gasteiger partial charge on any atom is 0.222 e. The van der Waals surface area contributed by atoms with Crippen LogP contribution in [0.15, 0.2) is 42.6 Å². The second-order valence-electron chi connectivity index (χ2n) is 10.1. The van der Waals surface area contributed by atoms with Crippen LogP contribution in [0.1, 0.15) is 45.9 Å². The lowest BCUT2D eigenvalue weighted by Gasteiger charge is -2.22. The Bertz CT molecular complexity index is 1410. The number of ether oxygens (including phenoxy) is 2. The average molecular weight is 490 g/mol. The number of fused-ring (bicyclic) bond motifs is 1. The number of pyridine rings is 1. The summed E-state index contributed by atoms with van der Waals surface area (Å²) in [6, 6.07) is 11.5. The molecule has 4 aromatic rings. The molecule has 188 valence electrons. The minimum absolute atomic E-state index is 0.0547. The predicted molar refractivity (Wildman–Crippen MR) is 138 cm³/mol. The summed E-state index contributed by atoms with van der Waals surface area (Å²) < 4.78 is 15.7. The first-order chi connectivity index (χ1) is 17.2. The van der Waals surface area contributed by atoms with Gasteiger partial charge in [0.25, 0.3) is 0 Å². The number of nitrogens with zero attached hydrogens (tertiary/aromatic N) is 5. The topological polar surface area (TPSA) is 108 Å². The Kier molecular flexibility index (Phi) is 6.13. The Labute approximate surface area is 209 Å². The first-order valence-electron chi connectivity index (χ1n) is 12.0. The number of nitrogens with one attached hydrogen (secondary N) is 2. The molecule has 3 aromatic heterocycles. The van der Waals surface area contributed by atoms with Gasteiger partial charge in [-0.25, -0.2) is 9.97 Å². The summed E-state index contributed by atoms with van der Waals surface area (Å²) in [6.45, 7) is 9.47. The second kappa shape index (κ2) is 9.27. The molecule has 0 radical (unpaired) electrons. The summed E-state index contributed by atoms with van der Waals surface area (Å²) in [7, 11) is 1.95. The van der Waals surface area contributed by atoms with Crippen LogP contribution in [0.2, 0.25) is 0 Å². The SMILES string of the molecule is CC(=O)Nc1cc(Oc2ccc3nc(Nc4cc(C(C)(C)C)n(C5CCOC5)n4)n(C)c3c2)ccn1. The first-order valence-corrected chi connectivity index (χ1v) is 12.0. The molecule has 1 atom stereocenters.